The third kappa shape index (κ3) is 4.78. The van der Waals surface area contributed by atoms with E-state index in [0.29, 0.717) is 12.2 Å². The van der Waals surface area contributed by atoms with Gasteiger partial charge in [-0.05, 0) is 68.5 Å². The first-order valence-electron chi connectivity index (χ1n) is 8.48. The number of nitrogens with zero attached hydrogens (tertiary/aromatic N) is 1. The van der Waals surface area contributed by atoms with E-state index >= 15 is 0 Å². The summed E-state index contributed by atoms with van der Waals surface area (Å²) in [4.78, 5) is 14.3. The van der Waals surface area contributed by atoms with E-state index < -0.39 is 6.36 Å². The molecule has 2 saturated heterocycles. The van der Waals surface area contributed by atoms with E-state index in [0.717, 1.165) is 45.3 Å². The summed E-state index contributed by atoms with van der Waals surface area (Å²) >= 11 is 0. The third-order valence-corrected chi connectivity index (χ3v) is 4.95. The molecule has 5 nitrogen and oxygen atoms in total. The number of rotatable bonds is 2. The number of amides is 2. The largest absolute Gasteiger partial charge is 0.573 e. The molecule has 2 aliphatic rings. The summed E-state index contributed by atoms with van der Waals surface area (Å²) in [5.41, 5.74) is 0.648. The maximum Gasteiger partial charge on any atom is 0.573 e. The van der Waals surface area contributed by atoms with Gasteiger partial charge in [0.2, 0.25) is 0 Å². The zero-order chi connectivity index (χ0) is 17.9. The number of hydrogen-bond acceptors (Lipinski definition) is 3. The maximum absolute atomic E-state index is 12.5. The van der Waals surface area contributed by atoms with Crippen LogP contribution in [0.25, 0.3) is 0 Å². The van der Waals surface area contributed by atoms with Crippen LogP contribution in [0.5, 0.6) is 5.75 Å². The molecule has 2 amide bonds. The van der Waals surface area contributed by atoms with Crippen molar-refractivity contribution in [3.05, 3.63) is 24.3 Å². The fourth-order valence-electron chi connectivity index (χ4n) is 3.69. The monoisotopic (exact) mass is 357 g/mol. The number of carbonyl (C=O) groups excluding carboxylic acids is 1. The molecule has 0 aromatic heterocycles. The Balaban J connectivity index is 1.58. The van der Waals surface area contributed by atoms with Crippen molar-refractivity contribution in [3.63, 3.8) is 0 Å². The van der Waals surface area contributed by atoms with Crippen LogP contribution in [0.1, 0.15) is 25.7 Å². The van der Waals surface area contributed by atoms with E-state index in [1.165, 1.54) is 24.3 Å². The topological polar surface area (TPSA) is 53.6 Å². The molecule has 0 bridgehead atoms. The Bertz CT molecular complexity index is 593. The normalized spacial score (nSPS) is 20.4. The lowest BCUT2D eigenvalue weighted by molar-refractivity contribution is -0.274. The van der Waals surface area contributed by atoms with Gasteiger partial charge < -0.3 is 20.3 Å². The van der Waals surface area contributed by atoms with Crippen molar-refractivity contribution in [3.8, 4) is 5.75 Å². The second-order valence-corrected chi connectivity index (χ2v) is 6.78. The smallest absolute Gasteiger partial charge is 0.406 e. The summed E-state index contributed by atoms with van der Waals surface area (Å²) < 4.78 is 40.3. The van der Waals surface area contributed by atoms with Gasteiger partial charge in [0.1, 0.15) is 5.75 Å². The van der Waals surface area contributed by atoms with Crippen LogP contribution in [-0.2, 0) is 0 Å². The highest BCUT2D eigenvalue weighted by molar-refractivity contribution is 5.89. The molecule has 2 aliphatic heterocycles. The predicted octanol–water partition coefficient (Wildman–Crippen LogP) is 3.58. The van der Waals surface area contributed by atoms with Crippen molar-refractivity contribution in [1.29, 1.82) is 0 Å². The minimum absolute atomic E-state index is 0.200. The van der Waals surface area contributed by atoms with Gasteiger partial charge in [-0.3, -0.25) is 0 Å². The van der Waals surface area contributed by atoms with Crippen molar-refractivity contribution < 1.29 is 22.7 Å². The molecule has 1 aromatic carbocycles. The summed E-state index contributed by atoms with van der Waals surface area (Å²) in [5.74, 6) is -0.308. The SMILES string of the molecule is O=C(Nc1ccc(OC(F)(F)F)cc1)N1CCCC2(CCNCC2)C1. The highest BCUT2D eigenvalue weighted by atomic mass is 19.4. The molecular formula is C17H22F3N3O2. The molecule has 2 N–H and O–H groups in total. The van der Waals surface area contributed by atoms with E-state index in [9.17, 15) is 18.0 Å². The number of benzene rings is 1. The number of hydrogen-bond donors (Lipinski definition) is 2. The molecule has 25 heavy (non-hydrogen) atoms. The molecule has 2 fully saturated rings. The van der Waals surface area contributed by atoms with Crippen molar-refractivity contribution in [1.82, 2.24) is 10.2 Å². The predicted molar refractivity (Wildman–Crippen MR) is 87.5 cm³/mol. The molecule has 0 radical (unpaired) electrons. The van der Waals surface area contributed by atoms with Crippen molar-refractivity contribution in [2.45, 2.75) is 32.0 Å². The molecule has 0 aliphatic carbocycles. The van der Waals surface area contributed by atoms with Crippen LogP contribution in [-0.4, -0.2) is 43.5 Å². The number of carbonyl (C=O) groups is 1. The Morgan fingerprint density at radius 2 is 1.84 bits per heavy atom. The van der Waals surface area contributed by atoms with Crippen molar-refractivity contribution >= 4 is 11.7 Å². The number of halogens is 3. The molecule has 0 unspecified atom stereocenters. The molecular weight excluding hydrogens is 335 g/mol. The Labute approximate surface area is 144 Å². The van der Waals surface area contributed by atoms with Gasteiger partial charge in [0.05, 0.1) is 0 Å². The van der Waals surface area contributed by atoms with Crippen LogP contribution >= 0.6 is 0 Å². The number of piperidine rings is 2. The van der Waals surface area contributed by atoms with Gasteiger partial charge in [-0.1, -0.05) is 0 Å². The van der Waals surface area contributed by atoms with Gasteiger partial charge >= 0.3 is 12.4 Å². The van der Waals surface area contributed by atoms with Gasteiger partial charge in [0.25, 0.3) is 0 Å². The van der Waals surface area contributed by atoms with E-state index in [-0.39, 0.29) is 17.2 Å². The zero-order valence-electron chi connectivity index (χ0n) is 13.9. The number of likely N-dealkylation sites (tertiary alicyclic amines) is 1. The molecule has 138 valence electrons. The van der Waals surface area contributed by atoms with Crippen molar-refractivity contribution in [2.24, 2.45) is 5.41 Å². The van der Waals surface area contributed by atoms with E-state index in [1.54, 1.807) is 0 Å². The maximum atomic E-state index is 12.5. The van der Waals surface area contributed by atoms with Crippen LogP contribution in [0.4, 0.5) is 23.7 Å². The quantitative estimate of drug-likeness (QED) is 0.851. The molecule has 1 spiro atoms. The molecule has 3 rings (SSSR count). The average Bonchev–Trinajstić information content (AvgIpc) is 2.56. The first kappa shape index (κ1) is 17.8. The number of anilines is 1. The Morgan fingerprint density at radius 1 is 1.16 bits per heavy atom. The second-order valence-electron chi connectivity index (χ2n) is 6.78. The minimum atomic E-state index is -4.72. The third-order valence-electron chi connectivity index (χ3n) is 4.95. The van der Waals surface area contributed by atoms with Crippen LogP contribution in [0, 0.1) is 5.41 Å². The average molecular weight is 357 g/mol. The van der Waals surface area contributed by atoms with Gasteiger partial charge in [0.15, 0.2) is 0 Å². The lowest BCUT2D eigenvalue weighted by atomic mass is 9.73. The van der Waals surface area contributed by atoms with Crippen LogP contribution in [0.15, 0.2) is 24.3 Å². The lowest BCUT2D eigenvalue weighted by Crippen LogP contribution is -2.51. The van der Waals surface area contributed by atoms with Crippen LogP contribution in [0.3, 0.4) is 0 Å². The standard InChI is InChI=1S/C17H22F3N3O2/c18-17(19,20)25-14-4-2-13(3-5-14)22-15(24)23-11-1-6-16(12-23)7-9-21-10-8-16/h2-5,21H,1,6-12H2,(H,22,24). The highest BCUT2D eigenvalue weighted by Gasteiger charge is 2.38. The molecule has 2 heterocycles. The highest BCUT2D eigenvalue weighted by Crippen LogP contribution is 2.38. The number of ether oxygens (including phenoxy) is 1. The van der Waals surface area contributed by atoms with Gasteiger partial charge in [0, 0.05) is 18.8 Å². The summed E-state index contributed by atoms with van der Waals surface area (Å²) in [6.07, 6.45) is -0.462. The van der Waals surface area contributed by atoms with Crippen LogP contribution in [0.2, 0.25) is 0 Å². The van der Waals surface area contributed by atoms with E-state index in [4.69, 9.17) is 0 Å². The van der Waals surface area contributed by atoms with Gasteiger partial charge in [-0.2, -0.15) is 0 Å². The van der Waals surface area contributed by atoms with Crippen molar-refractivity contribution in [2.75, 3.05) is 31.5 Å². The van der Waals surface area contributed by atoms with Crippen LogP contribution < -0.4 is 15.4 Å². The van der Waals surface area contributed by atoms with Gasteiger partial charge in [-0.15, -0.1) is 13.2 Å². The Hall–Kier alpha value is -1.96. The minimum Gasteiger partial charge on any atom is -0.406 e. The lowest BCUT2D eigenvalue weighted by Gasteiger charge is -2.45. The summed E-state index contributed by atoms with van der Waals surface area (Å²) in [6.45, 7) is 3.40. The first-order valence-corrected chi connectivity index (χ1v) is 8.48. The summed E-state index contributed by atoms with van der Waals surface area (Å²) in [5, 5.41) is 6.11. The Morgan fingerprint density at radius 3 is 2.48 bits per heavy atom. The van der Waals surface area contributed by atoms with E-state index in [1.807, 2.05) is 4.90 Å². The molecule has 1 aromatic rings. The zero-order valence-corrected chi connectivity index (χ0v) is 13.9. The van der Waals surface area contributed by atoms with Gasteiger partial charge in [-0.25, -0.2) is 4.79 Å². The first-order chi connectivity index (χ1) is 11.9. The number of urea groups is 1. The second kappa shape index (κ2) is 7.11. The molecule has 0 atom stereocenters. The fourth-order valence-corrected chi connectivity index (χ4v) is 3.69. The van der Waals surface area contributed by atoms with E-state index in [2.05, 4.69) is 15.4 Å². The molecule has 0 saturated carbocycles. The number of nitrogens with one attached hydrogen (secondary N) is 2. The summed E-state index contributed by atoms with van der Waals surface area (Å²) in [7, 11) is 0. The number of alkyl halides is 3. The molecule has 8 heteroatoms. The fraction of sp³-hybridized carbons (Fsp3) is 0.588. The summed E-state index contributed by atoms with van der Waals surface area (Å²) in [6, 6.07) is 4.98. The Kier molecular flexibility index (Phi) is 5.08.